The van der Waals surface area contributed by atoms with Crippen LogP contribution in [0.25, 0.3) is 0 Å². The first-order valence-corrected chi connectivity index (χ1v) is 11.0. The van der Waals surface area contributed by atoms with Gasteiger partial charge in [0.25, 0.3) is 0 Å². The number of hydrogen-bond acceptors (Lipinski definition) is 1. The molecule has 140 valence electrons. The van der Waals surface area contributed by atoms with Gasteiger partial charge >= 0.3 is 0 Å². The lowest BCUT2D eigenvalue weighted by Crippen LogP contribution is -2.44. The third kappa shape index (κ3) is 1.82. The summed E-state index contributed by atoms with van der Waals surface area (Å²) in [5, 5.41) is 0. The van der Waals surface area contributed by atoms with E-state index in [2.05, 4.69) is 73.8 Å². The maximum absolute atomic E-state index is 6.43. The molecule has 0 amide bonds. The Balaban J connectivity index is 1.64. The Labute approximate surface area is 163 Å². The van der Waals surface area contributed by atoms with Crippen LogP contribution < -0.4 is 5.73 Å². The summed E-state index contributed by atoms with van der Waals surface area (Å²) in [6, 6.07) is 0. The van der Waals surface area contributed by atoms with Crippen LogP contribution in [0.15, 0.2) is 72.5 Å². The van der Waals surface area contributed by atoms with Gasteiger partial charge in [-0.2, -0.15) is 0 Å². The van der Waals surface area contributed by atoms with Crippen molar-refractivity contribution in [3.05, 3.63) is 72.5 Å². The van der Waals surface area contributed by atoms with Crippen molar-refractivity contribution in [2.45, 2.75) is 32.6 Å². The lowest BCUT2D eigenvalue weighted by atomic mass is 9.55. The van der Waals surface area contributed by atoms with Crippen molar-refractivity contribution in [1.29, 1.82) is 0 Å². The van der Waals surface area contributed by atoms with Gasteiger partial charge in [0.05, 0.1) is 0 Å². The van der Waals surface area contributed by atoms with Gasteiger partial charge < -0.3 is 5.73 Å². The molecule has 9 atom stereocenters. The van der Waals surface area contributed by atoms with Gasteiger partial charge in [0, 0.05) is 5.70 Å². The van der Waals surface area contributed by atoms with E-state index >= 15 is 0 Å². The molecule has 0 heterocycles. The average molecular weight is 358 g/mol. The van der Waals surface area contributed by atoms with E-state index in [1.165, 1.54) is 25.7 Å². The minimum Gasteiger partial charge on any atom is -0.399 e. The zero-order valence-electron chi connectivity index (χ0n) is 16.3. The predicted molar refractivity (Wildman–Crippen MR) is 111 cm³/mol. The SMILES string of the molecule is CC12C=CC(N)=CC1C1(C3C=CC=CC3C3CCC=CC31)C1C=CCCC12. The van der Waals surface area contributed by atoms with Crippen LogP contribution >= 0.6 is 0 Å². The molecule has 2 N–H and O–H groups in total. The van der Waals surface area contributed by atoms with E-state index in [0.29, 0.717) is 29.6 Å². The largest absolute Gasteiger partial charge is 0.399 e. The molecule has 0 aliphatic heterocycles. The van der Waals surface area contributed by atoms with Crippen LogP contribution in [-0.4, -0.2) is 0 Å². The van der Waals surface area contributed by atoms with Gasteiger partial charge in [-0.05, 0) is 84.0 Å². The van der Waals surface area contributed by atoms with Crippen molar-refractivity contribution in [3.63, 3.8) is 0 Å². The highest BCUT2D eigenvalue weighted by Crippen LogP contribution is 2.77. The highest BCUT2D eigenvalue weighted by molar-refractivity contribution is 5.41. The minimum absolute atomic E-state index is 0.234. The molecule has 6 aliphatic carbocycles. The van der Waals surface area contributed by atoms with Gasteiger partial charge in [-0.15, -0.1) is 0 Å². The van der Waals surface area contributed by atoms with Crippen LogP contribution in [0.1, 0.15) is 32.6 Å². The topological polar surface area (TPSA) is 26.0 Å². The molecule has 27 heavy (non-hydrogen) atoms. The van der Waals surface area contributed by atoms with Crippen LogP contribution in [0.3, 0.4) is 0 Å². The number of rotatable bonds is 0. The van der Waals surface area contributed by atoms with Crippen LogP contribution in [-0.2, 0) is 0 Å². The first kappa shape index (κ1) is 16.2. The van der Waals surface area contributed by atoms with Crippen LogP contribution in [0.5, 0.6) is 0 Å². The van der Waals surface area contributed by atoms with E-state index < -0.39 is 0 Å². The Hall–Kier alpha value is -1.76. The van der Waals surface area contributed by atoms with E-state index in [0.717, 1.165) is 17.5 Å². The Morgan fingerprint density at radius 3 is 2.59 bits per heavy atom. The normalized spacial score (nSPS) is 53.8. The molecule has 1 nitrogen and oxygen atoms in total. The number of allylic oxidation sites excluding steroid dienone is 11. The smallest absolute Gasteiger partial charge is 0.0273 e. The van der Waals surface area contributed by atoms with E-state index in [1.54, 1.807) is 0 Å². The molecule has 6 aliphatic rings. The second kappa shape index (κ2) is 5.40. The van der Waals surface area contributed by atoms with Crippen LogP contribution in [0.2, 0.25) is 0 Å². The number of nitrogens with two attached hydrogens (primary N) is 1. The molecule has 0 saturated heterocycles. The summed E-state index contributed by atoms with van der Waals surface area (Å²) < 4.78 is 0. The quantitative estimate of drug-likeness (QED) is 0.565. The molecule has 1 spiro atoms. The molecule has 0 bridgehead atoms. The van der Waals surface area contributed by atoms with Gasteiger partial charge in [0.1, 0.15) is 0 Å². The van der Waals surface area contributed by atoms with Gasteiger partial charge in [0.15, 0.2) is 0 Å². The summed E-state index contributed by atoms with van der Waals surface area (Å²) in [6.07, 6.45) is 32.3. The molecule has 0 aromatic carbocycles. The minimum atomic E-state index is 0.234. The Kier molecular flexibility index (Phi) is 3.24. The lowest BCUT2D eigenvalue weighted by molar-refractivity contribution is 0.0728. The third-order valence-corrected chi connectivity index (χ3v) is 9.30. The highest BCUT2D eigenvalue weighted by atomic mass is 14.8. The van der Waals surface area contributed by atoms with Crippen LogP contribution in [0.4, 0.5) is 0 Å². The third-order valence-electron chi connectivity index (χ3n) is 9.30. The zero-order valence-corrected chi connectivity index (χ0v) is 16.3. The van der Waals surface area contributed by atoms with Crippen LogP contribution in [0, 0.1) is 52.3 Å². The van der Waals surface area contributed by atoms with E-state index in [4.69, 9.17) is 5.73 Å². The molecule has 0 radical (unpaired) electrons. The van der Waals surface area contributed by atoms with E-state index in [-0.39, 0.29) is 10.8 Å². The maximum Gasteiger partial charge on any atom is 0.0273 e. The van der Waals surface area contributed by atoms with E-state index in [9.17, 15) is 0 Å². The molecule has 0 aromatic rings. The average Bonchev–Trinajstić information content (AvgIpc) is 3.13. The fourth-order valence-electron chi connectivity index (χ4n) is 8.53. The molecule has 2 fully saturated rings. The summed E-state index contributed by atoms with van der Waals surface area (Å²) >= 11 is 0. The standard InChI is InChI=1S/C26H31N/c1-25-15-14-17(27)16-24(25)26(23-13-7-6-12-22(23)25)20-10-4-2-8-18(20)19-9-3-5-11-21(19)26/h2,4-5,7-8,10-11,13-16,18-24H,3,6,9,12,27H2,1H3. The van der Waals surface area contributed by atoms with Crippen molar-refractivity contribution in [2.75, 3.05) is 0 Å². The first-order valence-electron chi connectivity index (χ1n) is 11.0. The first-order chi connectivity index (χ1) is 13.2. The molecular formula is C26H31N. The van der Waals surface area contributed by atoms with Gasteiger partial charge in [-0.1, -0.05) is 67.7 Å². The van der Waals surface area contributed by atoms with Crippen molar-refractivity contribution in [2.24, 2.45) is 58.0 Å². The number of fused-ring (bicyclic) bond motifs is 10. The maximum atomic E-state index is 6.43. The summed E-state index contributed by atoms with van der Waals surface area (Å²) in [7, 11) is 0. The summed E-state index contributed by atoms with van der Waals surface area (Å²) in [5.74, 6) is 4.73. The van der Waals surface area contributed by atoms with Crippen molar-refractivity contribution in [3.8, 4) is 0 Å². The molecule has 0 aromatic heterocycles. The number of hydrogen-bond donors (Lipinski definition) is 1. The lowest BCUT2D eigenvalue weighted by Gasteiger charge is -2.48. The highest BCUT2D eigenvalue weighted by Gasteiger charge is 2.72. The molecule has 1 heteroatoms. The van der Waals surface area contributed by atoms with E-state index in [1.807, 2.05) is 0 Å². The fraction of sp³-hybridized carbons (Fsp3) is 0.538. The monoisotopic (exact) mass is 357 g/mol. The fourth-order valence-corrected chi connectivity index (χ4v) is 8.53. The Morgan fingerprint density at radius 2 is 1.70 bits per heavy atom. The summed E-state index contributed by atoms with van der Waals surface area (Å²) in [5.41, 5.74) is 7.92. The van der Waals surface area contributed by atoms with Gasteiger partial charge in [-0.25, -0.2) is 0 Å². The van der Waals surface area contributed by atoms with Crippen molar-refractivity contribution in [1.82, 2.24) is 0 Å². The van der Waals surface area contributed by atoms with Gasteiger partial charge in [-0.3, -0.25) is 0 Å². The molecular weight excluding hydrogens is 326 g/mol. The predicted octanol–water partition coefficient (Wildman–Crippen LogP) is 5.56. The molecule has 2 saturated carbocycles. The Morgan fingerprint density at radius 1 is 0.926 bits per heavy atom. The Bertz CT molecular complexity index is 838. The second-order valence-electron chi connectivity index (χ2n) is 10.0. The van der Waals surface area contributed by atoms with Crippen molar-refractivity contribution < 1.29 is 0 Å². The molecule has 6 rings (SSSR count). The van der Waals surface area contributed by atoms with Crippen molar-refractivity contribution >= 4 is 0 Å². The van der Waals surface area contributed by atoms with Gasteiger partial charge in [0.2, 0.25) is 0 Å². The summed E-state index contributed by atoms with van der Waals surface area (Å²) in [6.45, 7) is 2.54. The zero-order chi connectivity index (χ0) is 18.2. The summed E-state index contributed by atoms with van der Waals surface area (Å²) in [4.78, 5) is 0. The second-order valence-corrected chi connectivity index (χ2v) is 10.0. The molecule has 9 unspecified atom stereocenters.